The number of hydrogen-bond acceptors (Lipinski definition) is 2. The number of benzene rings is 4. The fourth-order valence-corrected chi connectivity index (χ4v) is 3.22. The number of aldehydes is 1. The van der Waals surface area contributed by atoms with Gasteiger partial charge in [-0.05, 0) is 46.3 Å². The van der Waals surface area contributed by atoms with Gasteiger partial charge >= 0.3 is 0 Å². The second-order valence-electron chi connectivity index (χ2n) is 6.84. The summed E-state index contributed by atoms with van der Waals surface area (Å²) >= 11 is 0. The smallest absolute Gasteiger partial charge is 0.195 e. The lowest BCUT2D eigenvalue weighted by atomic mass is 10.00. The molecule has 0 aliphatic rings. The Balaban J connectivity index is 1.55. The Labute approximate surface area is 173 Å². The predicted molar refractivity (Wildman–Crippen MR) is 105 cm³/mol. The highest BCUT2D eigenvalue weighted by Crippen LogP contribution is 2.29. The molecule has 0 atom stereocenters. The molecule has 2 nitrogen and oxygen atoms in total. The Morgan fingerprint density at radius 1 is 0.710 bits per heavy atom. The van der Waals surface area contributed by atoms with E-state index < -0.39 is 34.8 Å². The van der Waals surface area contributed by atoms with Crippen LogP contribution in [0.15, 0.2) is 60.7 Å². The highest BCUT2D eigenvalue weighted by atomic mass is 19.2. The summed E-state index contributed by atoms with van der Waals surface area (Å²) in [4.78, 5) is 10.6. The monoisotopic (exact) mass is 428 g/mol. The zero-order valence-electron chi connectivity index (χ0n) is 15.8. The first-order valence-electron chi connectivity index (χ1n) is 9.11. The first-order chi connectivity index (χ1) is 14.9. The number of halogens is 5. The second-order valence-corrected chi connectivity index (χ2v) is 6.84. The molecule has 0 bridgehead atoms. The lowest BCUT2D eigenvalue weighted by Gasteiger charge is -2.10. The Hall–Kier alpha value is -3.74. The van der Waals surface area contributed by atoms with Gasteiger partial charge in [-0.2, -0.15) is 0 Å². The molecule has 0 N–H and O–H groups in total. The van der Waals surface area contributed by atoms with Crippen molar-refractivity contribution in [2.75, 3.05) is 0 Å². The van der Waals surface area contributed by atoms with Crippen molar-refractivity contribution < 1.29 is 31.5 Å². The van der Waals surface area contributed by atoms with Gasteiger partial charge in [0.15, 0.2) is 34.8 Å². The van der Waals surface area contributed by atoms with Gasteiger partial charge in [0.25, 0.3) is 0 Å². The first-order valence-corrected chi connectivity index (χ1v) is 9.11. The molecule has 0 spiro atoms. The van der Waals surface area contributed by atoms with Gasteiger partial charge in [-0.1, -0.05) is 36.4 Å². The average molecular weight is 428 g/mol. The van der Waals surface area contributed by atoms with Gasteiger partial charge in [0.05, 0.1) is 0 Å². The van der Waals surface area contributed by atoms with Gasteiger partial charge in [-0.25, -0.2) is 22.0 Å². The highest BCUT2D eigenvalue weighted by Gasteiger charge is 2.15. The fraction of sp³-hybridized carbons (Fsp3) is 0.0417. The van der Waals surface area contributed by atoms with Gasteiger partial charge in [0.1, 0.15) is 12.9 Å². The van der Waals surface area contributed by atoms with Crippen LogP contribution in [0.4, 0.5) is 22.0 Å². The van der Waals surface area contributed by atoms with Crippen molar-refractivity contribution in [1.82, 2.24) is 0 Å². The van der Waals surface area contributed by atoms with Gasteiger partial charge in [-0.3, -0.25) is 4.79 Å². The van der Waals surface area contributed by atoms with Crippen LogP contribution in [0.1, 0.15) is 15.9 Å². The molecule has 0 aromatic heterocycles. The van der Waals surface area contributed by atoms with Crippen LogP contribution in [0.25, 0.3) is 21.9 Å². The summed E-state index contributed by atoms with van der Waals surface area (Å²) in [5.74, 6) is -6.57. The zero-order valence-corrected chi connectivity index (χ0v) is 15.8. The van der Waals surface area contributed by atoms with Crippen LogP contribution in [-0.4, -0.2) is 6.29 Å². The SMILES string of the molecule is O=Cc1cc(F)c(OCc2ccc(-c3ccc4c(F)c(F)c(F)cc4c3)cc2)c(F)c1. The van der Waals surface area contributed by atoms with Crippen molar-refractivity contribution in [1.29, 1.82) is 0 Å². The minimum absolute atomic E-state index is 0.0303. The standard InChI is InChI=1S/C24H13F5O2/c25-19-10-17-9-16(5-6-18(17)22(28)23(19)29)15-3-1-13(2-4-15)12-31-24-20(26)7-14(11-30)8-21(24)27/h1-11H,12H2. The summed E-state index contributed by atoms with van der Waals surface area (Å²) in [7, 11) is 0. The molecule has 0 aliphatic heterocycles. The molecule has 0 amide bonds. The zero-order chi connectivity index (χ0) is 22.1. The van der Waals surface area contributed by atoms with Crippen LogP contribution in [-0.2, 0) is 6.61 Å². The summed E-state index contributed by atoms with van der Waals surface area (Å²) in [6.45, 7) is -0.123. The molecular formula is C24H13F5O2. The van der Waals surface area contributed by atoms with Gasteiger partial charge in [-0.15, -0.1) is 0 Å². The van der Waals surface area contributed by atoms with Crippen LogP contribution >= 0.6 is 0 Å². The lowest BCUT2D eigenvalue weighted by molar-refractivity contribution is 0.112. The van der Waals surface area contributed by atoms with Gasteiger partial charge in [0.2, 0.25) is 0 Å². The van der Waals surface area contributed by atoms with Crippen molar-refractivity contribution in [3.8, 4) is 16.9 Å². The van der Waals surface area contributed by atoms with E-state index >= 15 is 0 Å². The van der Waals surface area contributed by atoms with Crippen molar-refractivity contribution in [2.45, 2.75) is 6.61 Å². The highest BCUT2D eigenvalue weighted by molar-refractivity contribution is 5.88. The van der Waals surface area contributed by atoms with Crippen LogP contribution in [0.2, 0.25) is 0 Å². The number of carbonyl (C=O) groups is 1. The molecule has 4 rings (SSSR count). The molecule has 0 aliphatic carbocycles. The van der Waals surface area contributed by atoms with E-state index in [0.29, 0.717) is 23.0 Å². The third-order valence-electron chi connectivity index (χ3n) is 4.80. The van der Waals surface area contributed by atoms with E-state index in [-0.39, 0.29) is 22.9 Å². The van der Waals surface area contributed by atoms with E-state index in [9.17, 15) is 26.7 Å². The van der Waals surface area contributed by atoms with Crippen molar-refractivity contribution in [3.05, 3.63) is 101 Å². The Bertz CT molecular complexity index is 1280. The number of rotatable bonds is 5. The van der Waals surface area contributed by atoms with Gasteiger partial charge < -0.3 is 4.74 Å². The summed E-state index contributed by atoms with van der Waals surface area (Å²) in [5, 5.41) is 0.184. The Morgan fingerprint density at radius 3 is 2.00 bits per heavy atom. The molecule has 156 valence electrons. The third kappa shape index (κ3) is 3.99. The molecule has 7 heteroatoms. The van der Waals surface area contributed by atoms with E-state index in [2.05, 4.69) is 0 Å². The van der Waals surface area contributed by atoms with Crippen LogP contribution in [0, 0.1) is 29.1 Å². The predicted octanol–water partition coefficient (Wildman–Crippen LogP) is 6.59. The summed E-state index contributed by atoms with van der Waals surface area (Å²) < 4.78 is 73.8. The maximum Gasteiger partial charge on any atom is 0.195 e. The second kappa shape index (κ2) is 8.18. The fourth-order valence-electron chi connectivity index (χ4n) is 3.22. The number of fused-ring (bicyclic) bond motifs is 1. The van der Waals surface area contributed by atoms with E-state index in [0.717, 1.165) is 18.2 Å². The molecule has 0 fully saturated rings. The maximum atomic E-state index is 13.9. The van der Waals surface area contributed by atoms with Crippen molar-refractivity contribution in [2.24, 2.45) is 0 Å². The third-order valence-corrected chi connectivity index (χ3v) is 4.80. The molecule has 0 heterocycles. The largest absolute Gasteiger partial charge is 0.483 e. The maximum absolute atomic E-state index is 13.9. The average Bonchev–Trinajstić information content (AvgIpc) is 2.77. The summed E-state index contributed by atoms with van der Waals surface area (Å²) in [6.07, 6.45) is 0.334. The van der Waals surface area contributed by atoms with E-state index in [4.69, 9.17) is 4.74 Å². The number of ether oxygens (including phenoxy) is 1. The number of carbonyl (C=O) groups excluding carboxylic acids is 1. The molecule has 0 unspecified atom stereocenters. The normalized spacial score (nSPS) is 11.0. The number of hydrogen-bond donors (Lipinski definition) is 0. The quantitative estimate of drug-likeness (QED) is 0.204. The van der Waals surface area contributed by atoms with Crippen molar-refractivity contribution >= 4 is 17.1 Å². The summed E-state index contributed by atoms with van der Waals surface area (Å²) in [6, 6.07) is 13.9. The van der Waals surface area contributed by atoms with Crippen molar-refractivity contribution in [3.63, 3.8) is 0 Å². The molecule has 0 saturated carbocycles. The molecule has 0 radical (unpaired) electrons. The molecular weight excluding hydrogens is 415 g/mol. The molecule has 0 saturated heterocycles. The minimum atomic E-state index is -1.52. The molecule has 31 heavy (non-hydrogen) atoms. The van der Waals surface area contributed by atoms with E-state index in [1.165, 1.54) is 12.1 Å². The Morgan fingerprint density at radius 2 is 1.35 bits per heavy atom. The molecule has 4 aromatic carbocycles. The summed E-state index contributed by atoms with van der Waals surface area (Å²) in [5.41, 5.74) is 1.84. The van der Waals surface area contributed by atoms with Crippen LogP contribution in [0.5, 0.6) is 5.75 Å². The van der Waals surface area contributed by atoms with Gasteiger partial charge in [0, 0.05) is 10.9 Å². The molecule has 4 aromatic rings. The first kappa shape index (κ1) is 20.5. The topological polar surface area (TPSA) is 26.3 Å². The van der Waals surface area contributed by atoms with Crippen LogP contribution in [0.3, 0.4) is 0 Å². The minimum Gasteiger partial charge on any atom is -0.483 e. The van der Waals surface area contributed by atoms with E-state index in [1.54, 1.807) is 30.3 Å². The van der Waals surface area contributed by atoms with Crippen LogP contribution < -0.4 is 4.74 Å². The lowest BCUT2D eigenvalue weighted by Crippen LogP contribution is -2.01. The Kier molecular flexibility index (Phi) is 5.42. The van der Waals surface area contributed by atoms with E-state index in [1.807, 2.05) is 0 Å².